The van der Waals surface area contributed by atoms with E-state index in [-0.39, 0.29) is 22.9 Å². The minimum atomic E-state index is -2.85. The number of hydrogen-bond acceptors (Lipinski definition) is 3. The lowest BCUT2D eigenvalue weighted by molar-refractivity contribution is 0.148. The van der Waals surface area contributed by atoms with Gasteiger partial charge in [0.15, 0.2) is 0 Å². The molecule has 0 aromatic heterocycles. The summed E-state index contributed by atoms with van der Waals surface area (Å²) in [7, 11) is 1.29. The van der Waals surface area contributed by atoms with Crippen molar-refractivity contribution in [1.29, 1.82) is 0 Å². The average molecular weight is 350 g/mol. The molecular formula is C18H20F2N2O3. The van der Waals surface area contributed by atoms with Gasteiger partial charge in [-0.25, -0.2) is 13.6 Å². The molecule has 2 rings (SSSR count). The Morgan fingerprint density at radius 1 is 1.28 bits per heavy atom. The number of rotatable bonds is 5. The summed E-state index contributed by atoms with van der Waals surface area (Å²) in [5.41, 5.74) is 1.52. The lowest BCUT2D eigenvalue weighted by atomic mass is 10.1. The van der Waals surface area contributed by atoms with Gasteiger partial charge in [0.05, 0.1) is 5.69 Å². The van der Waals surface area contributed by atoms with Crippen molar-refractivity contribution in [2.24, 2.45) is 0 Å². The predicted molar refractivity (Wildman–Crippen MR) is 90.4 cm³/mol. The number of urea groups is 1. The van der Waals surface area contributed by atoms with E-state index < -0.39 is 18.0 Å². The number of halogens is 2. The summed E-state index contributed by atoms with van der Waals surface area (Å²) >= 11 is 0. The third-order valence-corrected chi connectivity index (χ3v) is 3.72. The molecule has 0 saturated heterocycles. The number of alkyl halides is 2. The SMILES string of the molecule is CNC(=O)N(O)c1c(COc2ccc(C)cc2C)cccc1C(F)F. The largest absolute Gasteiger partial charge is 0.489 e. The van der Waals surface area contributed by atoms with Crippen LogP contribution in [0.1, 0.15) is 28.7 Å². The van der Waals surface area contributed by atoms with E-state index in [2.05, 4.69) is 5.32 Å². The number of hydroxylamine groups is 1. The first-order chi connectivity index (χ1) is 11.8. The number of nitrogens with one attached hydrogen (secondary N) is 1. The van der Waals surface area contributed by atoms with Crippen LogP contribution in [0.5, 0.6) is 5.75 Å². The van der Waals surface area contributed by atoms with Crippen molar-refractivity contribution in [3.63, 3.8) is 0 Å². The molecule has 0 bridgehead atoms. The number of amides is 2. The van der Waals surface area contributed by atoms with Crippen LogP contribution < -0.4 is 15.1 Å². The number of carbonyl (C=O) groups is 1. The summed E-state index contributed by atoms with van der Waals surface area (Å²) in [6.07, 6.45) is -2.85. The highest BCUT2D eigenvalue weighted by molar-refractivity contribution is 5.91. The lowest BCUT2D eigenvalue weighted by Crippen LogP contribution is -2.36. The Hall–Kier alpha value is -2.67. The van der Waals surface area contributed by atoms with E-state index in [0.29, 0.717) is 5.75 Å². The maximum atomic E-state index is 13.3. The number of aryl methyl sites for hydroxylation is 2. The van der Waals surface area contributed by atoms with Gasteiger partial charge in [-0.3, -0.25) is 5.21 Å². The molecule has 5 nitrogen and oxygen atoms in total. The van der Waals surface area contributed by atoms with E-state index in [1.54, 1.807) is 6.07 Å². The van der Waals surface area contributed by atoms with Crippen LogP contribution >= 0.6 is 0 Å². The van der Waals surface area contributed by atoms with Crippen molar-refractivity contribution in [2.45, 2.75) is 26.9 Å². The summed E-state index contributed by atoms with van der Waals surface area (Å²) in [5, 5.41) is 12.4. The second-order valence-electron chi connectivity index (χ2n) is 5.58. The molecule has 0 unspecified atom stereocenters. The van der Waals surface area contributed by atoms with Gasteiger partial charge in [0.2, 0.25) is 0 Å². The fraction of sp³-hybridized carbons (Fsp3) is 0.278. The molecule has 2 amide bonds. The Bertz CT molecular complexity index is 766. The first-order valence-corrected chi connectivity index (χ1v) is 7.65. The molecule has 0 atom stereocenters. The van der Waals surface area contributed by atoms with Crippen molar-refractivity contribution < 1.29 is 23.5 Å². The van der Waals surface area contributed by atoms with Crippen LogP contribution in [0.3, 0.4) is 0 Å². The molecule has 2 aromatic rings. The third-order valence-electron chi connectivity index (χ3n) is 3.72. The minimum Gasteiger partial charge on any atom is -0.489 e. The number of carbonyl (C=O) groups excluding carboxylic acids is 1. The van der Waals surface area contributed by atoms with Crippen LogP contribution in [0.4, 0.5) is 19.3 Å². The van der Waals surface area contributed by atoms with E-state index in [9.17, 15) is 18.8 Å². The molecular weight excluding hydrogens is 330 g/mol. The zero-order valence-corrected chi connectivity index (χ0v) is 14.2. The van der Waals surface area contributed by atoms with Gasteiger partial charge in [0, 0.05) is 18.2 Å². The quantitative estimate of drug-likeness (QED) is 0.622. The van der Waals surface area contributed by atoms with Crippen LogP contribution in [0.2, 0.25) is 0 Å². The smallest absolute Gasteiger partial charge is 0.345 e. The predicted octanol–water partition coefficient (Wildman–Crippen LogP) is 4.36. The fourth-order valence-electron chi connectivity index (χ4n) is 2.49. The second-order valence-corrected chi connectivity index (χ2v) is 5.58. The topological polar surface area (TPSA) is 61.8 Å². The van der Waals surface area contributed by atoms with Gasteiger partial charge < -0.3 is 10.1 Å². The van der Waals surface area contributed by atoms with Crippen LogP contribution in [0.25, 0.3) is 0 Å². The Balaban J connectivity index is 2.36. The number of para-hydroxylation sites is 1. The molecule has 0 fully saturated rings. The average Bonchev–Trinajstić information content (AvgIpc) is 2.59. The van der Waals surface area contributed by atoms with Gasteiger partial charge in [-0.2, -0.15) is 5.06 Å². The van der Waals surface area contributed by atoms with Crippen molar-refractivity contribution in [3.8, 4) is 5.75 Å². The molecule has 0 aliphatic heterocycles. The number of nitrogens with zero attached hydrogens (tertiary/aromatic N) is 1. The first-order valence-electron chi connectivity index (χ1n) is 7.65. The summed E-state index contributed by atoms with van der Waals surface area (Å²) < 4.78 is 32.3. The van der Waals surface area contributed by atoms with E-state index in [4.69, 9.17) is 4.74 Å². The number of hydrogen-bond donors (Lipinski definition) is 2. The van der Waals surface area contributed by atoms with Gasteiger partial charge in [-0.15, -0.1) is 0 Å². The van der Waals surface area contributed by atoms with Crippen molar-refractivity contribution in [1.82, 2.24) is 5.32 Å². The standard InChI is InChI=1S/C18H20F2N2O3/c1-11-7-8-15(12(2)9-11)25-10-13-5-4-6-14(17(19)20)16(13)22(24)18(23)21-3/h4-9,17,24H,10H2,1-3H3,(H,21,23). The molecule has 0 heterocycles. The molecule has 0 radical (unpaired) electrons. The van der Waals surface area contributed by atoms with Crippen LogP contribution in [0, 0.1) is 13.8 Å². The van der Waals surface area contributed by atoms with Gasteiger partial charge in [0.1, 0.15) is 12.4 Å². The van der Waals surface area contributed by atoms with Crippen molar-refractivity contribution in [2.75, 3.05) is 12.1 Å². The normalized spacial score (nSPS) is 10.7. The molecule has 7 heteroatoms. The molecule has 2 aromatic carbocycles. The van der Waals surface area contributed by atoms with Crippen LogP contribution in [-0.2, 0) is 6.61 Å². The maximum Gasteiger partial charge on any atom is 0.345 e. The zero-order valence-electron chi connectivity index (χ0n) is 14.2. The molecule has 0 aliphatic carbocycles. The number of ether oxygens (including phenoxy) is 1. The zero-order chi connectivity index (χ0) is 18.6. The Labute approximate surface area is 144 Å². The number of anilines is 1. The molecule has 0 saturated carbocycles. The summed E-state index contributed by atoms with van der Waals surface area (Å²) in [4.78, 5) is 11.7. The third kappa shape index (κ3) is 4.24. The molecule has 134 valence electrons. The van der Waals surface area contributed by atoms with Gasteiger partial charge in [-0.05, 0) is 25.5 Å². The molecule has 2 N–H and O–H groups in total. The fourth-order valence-corrected chi connectivity index (χ4v) is 2.49. The lowest BCUT2D eigenvalue weighted by Gasteiger charge is -2.22. The molecule has 0 spiro atoms. The van der Waals surface area contributed by atoms with Crippen molar-refractivity contribution >= 4 is 11.7 Å². The Kier molecular flexibility index (Phi) is 5.93. The Morgan fingerprint density at radius 2 is 2.00 bits per heavy atom. The van der Waals surface area contributed by atoms with E-state index in [1.165, 1.54) is 19.2 Å². The van der Waals surface area contributed by atoms with E-state index in [0.717, 1.165) is 17.2 Å². The van der Waals surface area contributed by atoms with Gasteiger partial charge in [-0.1, -0.05) is 35.9 Å². The molecule has 0 aliphatic rings. The van der Waals surface area contributed by atoms with Crippen molar-refractivity contribution in [3.05, 3.63) is 58.7 Å². The highest BCUT2D eigenvalue weighted by atomic mass is 19.3. The summed E-state index contributed by atoms with van der Waals surface area (Å²) in [6.45, 7) is 3.75. The monoisotopic (exact) mass is 350 g/mol. The second kappa shape index (κ2) is 7.94. The Morgan fingerprint density at radius 3 is 2.60 bits per heavy atom. The first kappa shape index (κ1) is 18.7. The van der Waals surface area contributed by atoms with E-state index in [1.807, 2.05) is 26.0 Å². The maximum absolute atomic E-state index is 13.3. The highest BCUT2D eigenvalue weighted by Crippen LogP contribution is 2.33. The highest BCUT2D eigenvalue weighted by Gasteiger charge is 2.24. The van der Waals surface area contributed by atoms with Gasteiger partial charge >= 0.3 is 6.03 Å². The molecule has 25 heavy (non-hydrogen) atoms. The summed E-state index contributed by atoms with van der Waals surface area (Å²) in [5.74, 6) is 0.600. The van der Waals surface area contributed by atoms with Crippen LogP contribution in [0.15, 0.2) is 36.4 Å². The summed E-state index contributed by atoms with van der Waals surface area (Å²) in [6, 6.07) is 8.81. The van der Waals surface area contributed by atoms with E-state index >= 15 is 0 Å². The number of benzene rings is 2. The van der Waals surface area contributed by atoms with Gasteiger partial charge in [0.25, 0.3) is 6.43 Å². The van der Waals surface area contributed by atoms with Crippen LogP contribution in [-0.4, -0.2) is 18.3 Å². The minimum absolute atomic E-state index is 0.0755.